The van der Waals surface area contributed by atoms with Crippen LogP contribution in [-0.2, 0) is 4.79 Å². The van der Waals surface area contributed by atoms with Crippen molar-refractivity contribution in [3.05, 3.63) is 0 Å². The van der Waals surface area contributed by atoms with E-state index in [1.165, 1.54) is 0 Å². The second-order valence-corrected chi connectivity index (χ2v) is 2.47. The van der Waals surface area contributed by atoms with Gasteiger partial charge in [0.2, 0.25) is 5.91 Å². The van der Waals surface area contributed by atoms with Crippen LogP contribution in [0.4, 0.5) is 13.2 Å². The summed E-state index contributed by atoms with van der Waals surface area (Å²) >= 11 is 4.31. The molecule has 0 aromatic rings. The van der Waals surface area contributed by atoms with Gasteiger partial charge in [0, 0.05) is 0 Å². The van der Waals surface area contributed by atoms with Crippen molar-refractivity contribution in [3.63, 3.8) is 0 Å². The summed E-state index contributed by atoms with van der Waals surface area (Å²) in [7, 11) is 0. The maximum absolute atomic E-state index is 11.9. The van der Waals surface area contributed by atoms with Crippen LogP contribution in [0.15, 0.2) is 4.99 Å². The molecular weight excluding hydrogens is 193 g/mol. The standard InChI is InChI=1S/C5H3F3N2OS/c6-5(7,8)2-1-3(11)10-4(12)9-2/h1H2,(H,10,11,12). The molecule has 0 saturated heterocycles. The zero-order chi connectivity index (χ0) is 9.35. The molecule has 0 fully saturated rings. The van der Waals surface area contributed by atoms with Crippen LogP contribution in [0.2, 0.25) is 0 Å². The Morgan fingerprint density at radius 1 is 1.50 bits per heavy atom. The van der Waals surface area contributed by atoms with Crippen molar-refractivity contribution in [2.75, 3.05) is 0 Å². The lowest BCUT2D eigenvalue weighted by atomic mass is 10.2. The van der Waals surface area contributed by atoms with Crippen LogP contribution >= 0.6 is 12.2 Å². The van der Waals surface area contributed by atoms with Gasteiger partial charge in [-0.1, -0.05) is 0 Å². The van der Waals surface area contributed by atoms with E-state index < -0.39 is 29.3 Å². The average Bonchev–Trinajstić information content (AvgIpc) is 1.82. The number of nitrogens with zero attached hydrogens (tertiary/aromatic N) is 1. The summed E-state index contributed by atoms with van der Waals surface area (Å²) in [5.41, 5.74) is -1.14. The second kappa shape index (κ2) is 2.81. The van der Waals surface area contributed by atoms with E-state index in [0.717, 1.165) is 0 Å². The highest BCUT2D eigenvalue weighted by Crippen LogP contribution is 2.20. The molecule has 0 bridgehead atoms. The van der Waals surface area contributed by atoms with E-state index in [9.17, 15) is 18.0 Å². The molecule has 1 N–H and O–H groups in total. The first kappa shape index (κ1) is 9.11. The van der Waals surface area contributed by atoms with Gasteiger partial charge >= 0.3 is 6.18 Å². The summed E-state index contributed by atoms with van der Waals surface area (Å²) in [5.74, 6) is -0.776. The topological polar surface area (TPSA) is 41.5 Å². The van der Waals surface area contributed by atoms with E-state index >= 15 is 0 Å². The Kier molecular flexibility index (Phi) is 2.14. The van der Waals surface area contributed by atoms with Gasteiger partial charge in [-0.05, 0) is 12.2 Å². The number of amides is 1. The predicted molar refractivity (Wildman–Crippen MR) is 38.8 cm³/mol. The second-order valence-electron chi connectivity index (χ2n) is 2.09. The maximum Gasteiger partial charge on any atom is 0.430 e. The van der Waals surface area contributed by atoms with Crippen molar-refractivity contribution < 1.29 is 18.0 Å². The van der Waals surface area contributed by atoms with Crippen LogP contribution in [0.25, 0.3) is 0 Å². The Morgan fingerprint density at radius 3 is 2.50 bits per heavy atom. The molecule has 0 aliphatic carbocycles. The molecule has 0 aromatic carbocycles. The Morgan fingerprint density at radius 2 is 2.08 bits per heavy atom. The monoisotopic (exact) mass is 196 g/mol. The highest BCUT2D eigenvalue weighted by Gasteiger charge is 2.38. The molecule has 7 heteroatoms. The lowest BCUT2D eigenvalue weighted by Crippen LogP contribution is -2.40. The van der Waals surface area contributed by atoms with Gasteiger partial charge < -0.3 is 5.32 Å². The third-order valence-corrected chi connectivity index (χ3v) is 1.33. The molecule has 1 amide bonds. The van der Waals surface area contributed by atoms with Gasteiger partial charge in [0.25, 0.3) is 0 Å². The maximum atomic E-state index is 11.9. The van der Waals surface area contributed by atoms with E-state index in [4.69, 9.17) is 0 Å². The summed E-state index contributed by atoms with van der Waals surface area (Å²) in [4.78, 5) is 13.5. The van der Waals surface area contributed by atoms with Gasteiger partial charge in [-0.2, -0.15) is 13.2 Å². The highest BCUT2D eigenvalue weighted by atomic mass is 32.1. The molecule has 1 aliphatic heterocycles. The Bertz CT molecular complexity index is 270. The number of hydrogen-bond acceptors (Lipinski definition) is 2. The molecule has 0 radical (unpaired) electrons. The number of nitrogens with one attached hydrogen (secondary N) is 1. The Labute approximate surface area is 70.7 Å². The molecule has 12 heavy (non-hydrogen) atoms. The predicted octanol–water partition coefficient (Wildman–Crippen LogP) is 0.794. The number of rotatable bonds is 0. The molecule has 0 spiro atoms. The van der Waals surface area contributed by atoms with Crippen LogP contribution in [0.3, 0.4) is 0 Å². The molecule has 0 saturated carbocycles. The van der Waals surface area contributed by atoms with Crippen LogP contribution in [0.5, 0.6) is 0 Å². The Balaban J connectivity index is 2.92. The van der Waals surface area contributed by atoms with Crippen LogP contribution in [-0.4, -0.2) is 22.9 Å². The minimum Gasteiger partial charge on any atom is -0.301 e. The van der Waals surface area contributed by atoms with Crippen molar-refractivity contribution in [2.45, 2.75) is 12.6 Å². The van der Waals surface area contributed by atoms with Crippen molar-refractivity contribution >= 4 is 28.9 Å². The average molecular weight is 196 g/mol. The molecule has 3 nitrogen and oxygen atoms in total. The van der Waals surface area contributed by atoms with Crippen LogP contribution in [0, 0.1) is 0 Å². The van der Waals surface area contributed by atoms with Gasteiger partial charge in [0.1, 0.15) is 5.71 Å². The zero-order valence-electron chi connectivity index (χ0n) is 5.60. The van der Waals surface area contributed by atoms with Crippen molar-refractivity contribution in [2.24, 2.45) is 4.99 Å². The fourth-order valence-corrected chi connectivity index (χ4v) is 0.893. The number of carbonyl (C=O) groups is 1. The molecule has 0 aromatic heterocycles. The van der Waals surface area contributed by atoms with Gasteiger partial charge in [0.15, 0.2) is 5.11 Å². The van der Waals surface area contributed by atoms with Gasteiger partial charge in [-0.3, -0.25) is 4.79 Å². The van der Waals surface area contributed by atoms with E-state index in [-0.39, 0.29) is 0 Å². The molecule has 1 rings (SSSR count). The zero-order valence-corrected chi connectivity index (χ0v) is 6.42. The quantitative estimate of drug-likeness (QED) is 0.582. The molecule has 66 valence electrons. The minimum atomic E-state index is -4.57. The lowest BCUT2D eigenvalue weighted by molar-refractivity contribution is -0.119. The fourth-order valence-electron chi connectivity index (χ4n) is 0.669. The summed E-state index contributed by atoms with van der Waals surface area (Å²) < 4.78 is 35.8. The SMILES string of the molecule is O=C1CC(C(F)(F)F)=NC(=S)N1. The smallest absolute Gasteiger partial charge is 0.301 e. The van der Waals surface area contributed by atoms with Crippen molar-refractivity contribution in [3.8, 4) is 0 Å². The summed E-state index contributed by atoms with van der Waals surface area (Å²) in [5, 5.41) is 1.55. The molecular formula is C5H3F3N2OS. The first-order valence-corrected chi connectivity index (χ1v) is 3.29. The third-order valence-electron chi connectivity index (χ3n) is 1.14. The number of carbonyl (C=O) groups excluding carboxylic acids is 1. The van der Waals surface area contributed by atoms with E-state index in [1.807, 2.05) is 5.32 Å². The normalized spacial score (nSPS) is 18.8. The van der Waals surface area contributed by atoms with E-state index in [2.05, 4.69) is 17.2 Å². The largest absolute Gasteiger partial charge is 0.430 e. The van der Waals surface area contributed by atoms with Crippen LogP contribution < -0.4 is 5.32 Å². The molecule has 0 atom stereocenters. The van der Waals surface area contributed by atoms with E-state index in [0.29, 0.717) is 0 Å². The fraction of sp³-hybridized carbons (Fsp3) is 0.400. The first-order chi connectivity index (χ1) is 5.39. The highest BCUT2D eigenvalue weighted by molar-refractivity contribution is 7.80. The molecule has 1 heterocycles. The number of alkyl halides is 3. The van der Waals surface area contributed by atoms with Crippen molar-refractivity contribution in [1.29, 1.82) is 0 Å². The lowest BCUT2D eigenvalue weighted by Gasteiger charge is -2.14. The first-order valence-electron chi connectivity index (χ1n) is 2.88. The Hall–Kier alpha value is -0.980. The summed E-state index contributed by atoms with van der Waals surface area (Å²) in [6.45, 7) is 0. The van der Waals surface area contributed by atoms with E-state index in [1.54, 1.807) is 0 Å². The number of thiocarbonyl (C=S) groups is 1. The third kappa shape index (κ3) is 2.00. The summed E-state index contributed by atoms with van der Waals surface area (Å²) in [6.07, 6.45) is -5.33. The summed E-state index contributed by atoms with van der Waals surface area (Å²) in [6, 6.07) is 0. The van der Waals surface area contributed by atoms with Gasteiger partial charge in [-0.15, -0.1) is 0 Å². The number of aliphatic imine (C=N–C) groups is 1. The van der Waals surface area contributed by atoms with Gasteiger partial charge in [0.05, 0.1) is 6.42 Å². The number of hydrogen-bond donors (Lipinski definition) is 1. The molecule has 0 unspecified atom stereocenters. The van der Waals surface area contributed by atoms with Crippen molar-refractivity contribution in [1.82, 2.24) is 5.32 Å². The molecule has 1 aliphatic rings. The van der Waals surface area contributed by atoms with Crippen LogP contribution in [0.1, 0.15) is 6.42 Å². The number of halogens is 3. The minimum absolute atomic E-state index is 0.432. The van der Waals surface area contributed by atoms with Gasteiger partial charge in [-0.25, -0.2) is 4.99 Å².